The molecule has 0 spiro atoms. The highest BCUT2D eigenvalue weighted by molar-refractivity contribution is 9.11. The second kappa shape index (κ2) is 5.54. The molecule has 3 nitrogen and oxygen atoms in total. The van der Waals surface area contributed by atoms with Crippen LogP contribution in [0.4, 0.5) is 5.13 Å². The van der Waals surface area contributed by atoms with Crippen molar-refractivity contribution >= 4 is 32.4 Å². The van der Waals surface area contributed by atoms with E-state index in [1.54, 1.807) is 0 Å². The molecule has 0 aliphatic heterocycles. The first kappa shape index (κ1) is 10.9. The van der Waals surface area contributed by atoms with E-state index in [0.29, 0.717) is 0 Å². The molecule has 5 heteroatoms. The number of hydrogen-bond donors (Lipinski definition) is 1. The highest BCUT2D eigenvalue weighted by Gasteiger charge is 2.05. The van der Waals surface area contributed by atoms with Crippen molar-refractivity contribution in [2.75, 3.05) is 11.9 Å². The van der Waals surface area contributed by atoms with Crippen LogP contribution in [0.2, 0.25) is 0 Å². The molecule has 1 aromatic heterocycles. The number of halogens is 1. The lowest BCUT2D eigenvalue weighted by Gasteiger charge is -2.11. The predicted molar refractivity (Wildman–Crippen MR) is 60.2 cm³/mol. The maximum absolute atomic E-state index is 3.97. The molecule has 0 saturated carbocycles. The fraction of sp³-hybridized carbons (Fsp3) is 0.750. The summed E-state index contributed by atoms with van der Waals surface area (Å²) in [7, 11) is 0. The van der Waals surface area contributed by atoms with Gasteiger partial charge in [0.25, 0.3) is 0 Å². The van der Waals surface area contributed by atoms with Crippen molar-refractivity contribution in [3.8, 4) is 0 Å². The van der Waals surface area contributed by atoms with Gasteiger partial charge in [0.05, 0.1) is 0 Å². The summed E-state index contributed by atoms with van der Waals surface area (Å²) in [6, 6.07) is 0. The lowest BCUT2D eigenvalue weighted by atomic mass is 10.0. The van der Waals surface area contributed by atoms with Crippen LogP contribution in [0.25, 0.3) is 0 Å². The molecule has 74 valence electrons. The van der Waals surface area contributed by atoms with E-state index in [0.717, 1.165) is 21.5 Å². The standard InChI is InChI=1S/C8H14BrN3S/c1-3-6(4-2)5-10-8-12-11-7(9)13-8/h6H,3-5H2,1-2H3,(H,10,12). The van der Waals surface area contributed by atoms with Gasteiger partial charge in [-0.2, -0.15) is 0 Å². The molecule has 1 aromatic rings. The molecule has 0 atom stereocenters. The Kier molecular flexibility index (Phi) is 4.66. The Balaban J connectivity index is 2.33. The number of nitrogens with one attached hydrogen (secondary N) is 1. The van der Waals surface area contributed by atoms with Gasteiger partial charge in [0.15, 0.2) is 3.92 Å². The van der Waals surface area contributed by atoms with E-state index in [1.807, 2.05) is 0 Å². The summed E-state index contributed by atoms with van der Waals surface area (Å²) in [5.74, 6) is 0.739. The summed E-state index contributed by atoms with van der Waals surface area (Å²) >= 11 is 4.81. The normalized spacial score (nSPS) is 10.8. The molecule has 0 unspecified atom stereocenters. The van der Waals surface area contributed by atoms with Gasteiger partial charge < -0.3 is 5.32 Å². The van der Waals surface area contributed by atoms with Gasteiger partial charge in [0, 0.05) is 6.54 Å². The number of anilines is 1. The van der Waals surface area contributed by atoms with Crippen LogP contribution < -0.4 is 5.32 Å². The summed E-state index contributed by atoms with van der Waals surface area (Å²) < 4.78 is 0.833. The monoisotopic (exact) mass is 263 g/mol. The van der Waals surface area contributed by atoms with Gasteiger partial charge in [0.1, 0.15) is 0 Å². The third kappa shape index (κ3) is 3.60. The van der Waals surface area contributed by atoms with Gasteiger partial charge in [-0.1, -0.05) is 38.0 Å². The van der Waals surface area contributed by atoms with Gasteiger partial charge in [-0.3, -0.25) is 0 Å². The molecule has 0 aliphatic rings. The number of nitrogens with zero attached hydrogens (tertiary/aromatic N) is 2. The molecule has 1 heterocycles. The van der Waals surface area contributed by atoms with Crippen molar-refractivity contribution in [2.45, 2.75) is 26.7 Å². The fourth-order valence-corrected chi connectivity index (χ4v) is 2.10. The van der Waals surface area contributed by atoms with Crippen LogP contribution in [-0.4, -0.2) is 16.7 Å². The zero-order valence-corrected chi connectivity index (χ0v) is 10.3. The third-order valence-corrected chi connectivity index (χ3v) is 3.41. The molecule has 0 aromatic carbocycles. The predicted octanol–water partition coefficient (Wildman–Crippen LogP) is 3.15. The molecular formula is C8H14BrN3S. The van der Waals surface area contributed by atoms with Crippen molar-refractivity contribution in [1.82, 2.24) is 10.2 Å². The Labute approximate surface area is 91.1 Å². The first-order valence-electron chi connectivity index (χ1n) is 4.49. The first-order chi connectivity index (χ1) is 6.26. The molecule has 0 fully saturated rings. The summed E-state index contributed by atoms with van der Waals surface area (Å²) in [6.45, 7) is 5.42. The van der Waals surface area contributed by atoms with Crippen molar-refractivity contribution in [3.05, 3.63) is 3.92 Å². The fourth-order valence-electron chi connectivity index (χ4n) is 1.09. The Morgan fingerprint density at radius 2 is 2.08 bits per heavy atom. The Morgan fingerprint density at radius 1 is 1.38 bits per heavy atom. The average Bonchev–Trinajstić information content (AvgIpc) is 2.53. The maximum Gasteiger partial charge on any atom is 0.206 e. The zero-order valence-electron chi connectivity index (χ0n) is 7.88. The van der Waals surface area contributed by atoms with Crippen molar-refractivity contribution in [3.63, 3.8) is 0 Å². The molecule has 0 saturated heterocycles. The highest BCUT2D eigenvalue weighted by Crippen LogP contribution is 2.20. The van der Waals surface area contributed by atoms with Crippen LogP contribution in [0.3, 0.4) is 0 Å². The van der Waals surface area contributed by atoms with Crippen LogP contribution in [0, 0.1) is 5.92 Å². The summed E-state index contributed by atoms with van der Waals surface area (Å²) in [5, 5.41) is 12.0. The summed E-state index contributed by atoms with van der Waals surface area (Å²) in [6.07, 6.45) is 2.42. The van der Waals surface area contributed by atoms with E-state index in [2.05, 4.69) is 45.3 Å². The summed E-state index contributed by atoms with van der Waals surface area (Å²) in [5.41, 5.74) is 0. The van der Waals surface area contributed by atoms with Crippen molar-refractivity contribution in [1.29, 1.82) is 0 Å². The molecule has 1 N–H and O–H groups in total. The van der Waals surface area contributed by atoms with Crippen molar-refractivity contribution in [2.24, 2.45) is 5.92 Å². The van der Waals surface area contributed by atoms with Gasteiger partial charge in [0.2, 0.25) is 5.13 Å². The van der Waals surface area contributed by atoms with E-state index in [9.17, 15) is 0 Å². The second-order valence-corrected chi connectivity index (χ2v) is 5.18. The van der Waals surface area contributed by atoms with Gasteiger partial charge in [-0.05, 0) is 21.8 Å². The molecule has 13 heavy (non-hydrogen) atoms. The minimum Gasteiger partial charge on any atom is -0.360 e. The van der Waals surface area contributed by atoms with Crippen LogP contribution in [0.5, 0.6) is 0 Å². The molecular weight excluding hydrogens is 250 g/mol. The average molecular weight is 264 g/mol. The van der Waals surface area contributed by atoms with Gasteiger partial charge in [-0.25, -0.2) is 0 Å². The van der Waals surface area contributed by atoms with Gasteiger partial charge in [-0.15, -0.1) is 10.2 Å². The first-order valence-corrected chi connectivity index (χ1v) is 6.10. The summed E-state index contributed by atoms with van der Waals surface area (Å²) in [4.78, 5) is 0. The van der Waals surface area contributed by atoms with E-state index < -0.39 is 0 Å². The second-order valence-electron chi connectivity index (χ2n) is 2.92. The van der Waals surface area contributed by atoms with E-state index in [-0.39, 0.29) is 0 Å². The zero-order chi connectivity index (χ0) is 9.68. The Hall–Kier alpha value is -0.160. The van der Waals surface area contributed by atoms with Crippen LogP contribution in [-0.2, 0) is 0 Å². The number of aromatic nitrogens is 2. The largest absolute Gasteiger partial charge is 0.360 e. The van der Waals surface area contributed by atoms with E-state index >= 15 is 0 Å². The van der Waals surface area contributed by atoms with Gasteiger partial charge >= 0.3 is 0 Å². The van der Waals surface area contributed by atoms with E-state index in [1.165, 1.54) is 24.2 Å². The van der Waals surface area contributed by atoms with Crippen LogP contribution in [0.15, 0.2) is 3.92 Å². The molecule has 0 bridgehead atoms. The molecule has 0 amide bonds. The molecule has 1 rings (SSSR count). The highest BCUT2D eigenvalue weighted by atomic mass is 79.9. The van der Waals surface area contributed by atoms with Crippen LogP contribution in [0.1, 0.15) is 26.7 Å². The van der Waals surface area contributed by atoms with Crippen molar-refractivity contribution < 1.29 is 0 Å². The van der Waals surface area contributed by atoms with Crippen LogP contribution >= 0.6 is 27.3 Å². The lowest BCUT2D eigenvalue weighted by molar-refractivity contribution is 0.519. The SMILES string of the molecule is CCC(CC)CNc1nnc(Br)s1. The Bertz CT molecular complexity index is 247. The third-order valence-electron chi connectivity index (χ3n) is 2.10. The lowest BCUT2D eigenvalue weighted by Crippen LogP contribution is -2.12. The minimum absolute atomic E-state index is 0.739. The number of hydrogen-bond acceptors (Lipinski definition) is 4. The quantitative estimate of drug-likeness (QED) is 0.887. The number of rotatable bonds is 5. The Morgan fingerprint density at radius 3 is 2.54 bits per heavy atom. The molecule has 0 aliphatic carbocycles. The molecule has 0 radical (unpaired) electrons. The minimum atomic E-state index is 0.739. The topological polar surface area (TPSA) is 37.8 Å². The maximum atomic E-state index is 3.97. The smallest absolute Gasteiger partial charge is 0.206 e. The van der Waals surface area contributed by atoms with E-state index in [4.69, 9.17) is 0 Å².